The van der Waals surface area contributed by atoms with E-state index in [0.29, 0.717) is 45.5 Å². The fourth-order valence-electron chi connectivity index (χ4n) is 4.90. The summed E-state index contributed by atoms with van der Waals surface area (Å²) >= 11 is 6.54. The number of carbonyl (C=O) groups is 4. The zero-order valence-corrected chi connectivity index (χ0v) is 24.8. The van der Waals surface area contributed by atoms with E-state index in [9.17, 15) is 19.2 Å². The Morgan fingerprint density at radius 2 is 1.74 bits per heavy atom. The van der Waals surface area contributed by atoms with E-state index in [4.69, 9.17) is 25.8 Å². The molecule has 0 bridgehead atoms. The first-order valence-corrected chi connectivity index (χ1v) is 13.8. The van der Waals surface area contributed by atoms with Gasteiger partial charge in [-0.2, -0.15) is 5.10 Å². The summed E-state index contributed by atoms with van der Waals surface area (Å²) < 4.78 is 16.8. The van der Waals surface area contributed by atoms with Gasteiger partial charge in [0.15, 0.2) is 0 Å². The smallest absolute Gasteiger partial charge is 0.337 e. The van der Waals surface area contributed by atoms with Gasteiger partial charge in [-0.1, -0.05) is 36.7 Å². The predicted octanol–water partition coefficient (Wildman–Crippen LogP) is 4.33. The highest BCUT2D eigenvalue weighted by atomic mass is 35.5. The third-order valence-corrected chi connectivity index (χ3v) is 7.25. The van der Waals surface area contributed by atoms with Gasteiger partial charge in [-0.15, -0.1) is 0 Å². The van der Waals surface area contributed by atoms with E-state index < -0.39 is 17.9 Å². The Morgan fingerprint density at radius 1 is 1.07 bits per heavy atom. The molecule has 2 aromatic rings. The Balaban J connectivity index is 1.64. The van der Waals surface area contributed by atoms with E-state index in [1.807, 2.05) is 6.92 Å². The van der Waals surface area contributed by atoms with Crippen LogP contribution in [0.3, 0.4) is 0 Å². The summed E-state index contributed by atoms with van der Waals surface area (Å²) in [6.07, 6.45) is 2.30. The highest BCUT2D eigenvalue weighted by Crippen LogP contribution is 2.41. The molecule has 2 amide bonds. The van der Waals surface area contributed by atoms with Crippen LogP contribution in [0.1, 0.15) is 38.7 Å². The maximum absolute atomic E-state index is 13.7. The number of amides is 2. The number of halogens is 1. The second-order valence-corrected chi connectivity index (χ2v) is 10.2. The maximum atomic E-state index is 13.7. The van der Waals surface area contributed by atoms with Gasteiger partial charge in [0, 0.05) is 34.4 Å². The topological polar surface area (TPSA) is 144 Å². The Kier molecular flexibility index (Phi) is 9.99. The fraction of sp³-hybridized carbons (Fsp3) is 0.258. The van der Waals surface area contributed by atoms with Gasteiger partial charge in [-0.25, -0.2) is 15.0 Å². The van der Waals surface area contributed by atoms with Crippen molar-refractivity contribution >= 4 is 47.3 Å². The number of nitrogens with one attached hydrogen (secondary N) is 3. The molecule has 2 heterocycles. The van der Waals surface area contributed by atoms with E-state index in [1.54, 1.807) is 68.5 Å². The number of rotatable bonds is 10. The van der Waals surface area contributed by atoms with E-state index >= 15 is 0 Å². The molecule has 2 aliphatic rings. The number of carbonyl (C=O) groups excluding carboxylic acids is 4. The summed E-state index contributed by atoms with van der Waals surface area (Å²) in [7, 11) is 1.27. The molecule has 43 heavy (non-hydrogen) atoms. The molecule has 0 aromatic heterocycles. The average Bonchev–Trinajstić information content (AvgIpc) is 2.97. The van der Waals surface area contributed by atoms with Crippen molar-refractivity contribution in [3.63, 3.8) is 0 Å². The van der Waals surface area contributed by atoms with Crippen molar-refractivity contribution in [2.75, 3.05) is 19.0 Å². The summed E-state index contributed by atoms with van der Waals surface area (Å²) in [6.45, 7) is 5.05. The van der Waals surface area contributed by atoms with Crippen molar-refractivity contribution in [3.8, 4) is 5.75 Å². The molecule has 0 spiro atoms. The molecule has 2 atom stereocenters. The molecule has 0 saturated carbocycles. The summed E-state index contributed by atoms with van der Waals surface area (Å²) in [5, 5.41) is 10.2. The molecule has 2 aromatic carbocycles. The molecule has 2 aliphatic heterocycles. The SMILES string of the molecule is COC(=O)C1=C(C)NC(C)=C(C(=O)OCC=C(Oc2ccc(NC=O)cc2)C2=NNC(=O)CC2C)C1c1ccccc1Cl. The highest BCUT2D eigenvalue weighted by molar-refractivity contribution is 6.31. The third-order valence-electron chi connectivity index (χ3n) is 6.90. The lowest BCUT2D eigenvalue weighted by atomic mass is 9.80. The van der Waals surface area contributed by atoms with E-state index in [0.717, 1.165) is 0 Å². The highest BCUT2D eigenvalue weighted by Gasteiger charge is 2.38. The number of anilines is 1. The van der Waals surface area contributed by atoms with Gasteiger partial charge in [0.25, 0.3) is 0 Å². The zero-order valence-electron chi connectivity index (χ0n) is 24.0. The van der Waals surface area contributed by atoms with Crippen molar-refractivity contribution < 1.29 is 33.4 Å². The minimum absolute atomic E-state index is 0.195. The number of hydrogen-bond acceptors (Lipinski definition) is 9. The van der Waals surface area contributed by atoms with Crippen LogP contribution in [-0.2, 0) is 28.7 Å². The summed E-state index contributed by atoms with van der Waals surface area (Å²) in [6, 6.07) is 13.6. The van der Waals surface area contributed by atoms with Crippen molar-refractivity contribution in [1.29, 1.82) is 0 Å². The molecule has 2 unspecified atom stereocenters. The Bertz CT molecular complexity index is 1560. The standard InChI is InChI=1S/C31H31ClN4O7/c1-17-15-25(38)35-36-29(17)24(43-21-11-9-20(10-12-21)33-16-37)13-14-42-31(40)27-19(3)34-18(2)26(30(39)41-4)28(27)22-7-5-6-8-23(22)32/h5-13,16-17,28,34H,14-15H2,1-4H3,(H,33,37)(H,35,38). The Labute approximate surface area is 253 Å². The lowest BCUT2D eigenvalue weighted by Crippen LogP contribution is -2.34. The number of ether oxygens (including phenoxy) is 3. The molecular formula is C31H31ClN4O7. The average molecular weight is 607 g/mol. The van der Waals surface area contributed by atoms with Crippen LogP contribution in [0.15, 0.2) is 88.0 Å². The van der Waals surface area contributed by atoms with Gasteiger partial charge in [0.2, 0.25) is 12.3 Å². The van der Waals surface area contributed by atoms with Gasteiger partial charge in [-0.3, -0.25) is 9.59 Å². The molecule has 0 aliphatic carbocycles. The van der Waals surface area contributed by atoms with Gasteiger partial charge in [0.1, 0.15) is 23.8 Å². The van der Waals surface area contributed by atoms with Crippen LogP contribution in [0.2, 0.25) is 5.02 Å². The normalized spacial score (nSPS) is 18.7. The number of hydrogen-bond donors (Lipinski definition) is 3. The molecule has 4 rings (SSSR count). The van der Waals surface area contributed by atoms with E-state index in [2.05, 4.69) is 21.2 Å². The number of esters is 2. The number of benzene rings is 2. The molecule has 0 fully saturated rings. The van der Waals surface area contributed by atoms with Crippen molar-refractivity contribution in [1.82, 2.24) is 10.7 Å². The first kappa shape index (κ1) is 31.0. The van der Waals surface area contributed by atoms with Gasteiger partial charge >= 0.3 is 11.9 Å². The number of hydrazone groups is 1. The maximum Gasteiger partial charge on any atom is 0.337 e. The first-order valence-electron chi connectivity index (χ1n) is 13.4. The largest absolute Gasteiger partial charge is 0.466 e. The quantitative estimate of drug-likeness (QED) is 0.206. The molecule has 12 heteroatoms. The summed E-state index contributed by atoms with van der Waals surface area (Å²) in [5.41, 5.74) is 5.50. The van der Waals surface area contributed by atoms with Crippen LogP contribution in [0.25, 0.3) is 0 Å². The lowest BCUT2D eigenvalue weighted by molar-refractivity contribution is -0.138. The second-order valence-electron chi connectivity index (χ2n) is 9.84. The van der Waals surface area contributed by atoms with E-state index in [-0.39, 0.29) is 41.8 Å². The van der Waals surface area contributed by atoms with Crippen LogP contribution in [0.5, 0.6) is 5.75 Å². The van der Waals surface area contributed by atoms with Crippen LogP contribution < -0.4 is 20.8 Å². The van der Waals surface area contributed by atoms with Gasteiger partial charge in [-0.05, 0) is 55.8 Å². The molecule has 11 nitrogen and oxygen atoms in total. The second kappa shape index (κ2) is 13.8. The van der Waals surface area contributed by atoms with Crippen LogP contribution >= 0.6 is 11.6 Å². The monoisotopic (exact) mass is 606 g/mol. The van der Waals surface area contributed by atoms with Crippen LogP contribution in [-0.4, -0.2) is 43.7 Å². The predicted molar refractivity (Wildman–Crippen MR) is 160 cm³/mol. The Morgan fingerprint density at radius 3 is 2.37 bits per heavy atom. The van der Waals surface area contributed by atoms with Crippen LogP contribution in [0, 0.1) is 5.92 Å². The van der Waals surface area contributed by atoms with Crippen molar-refractivity contribution in [2.45, 2.75) is 33.1 Å². The molecule has 224 valence electrons. The lowest BCUT2D eigenvalue weighted by Gasteiger charge is -2.30. The number of nitrogens with zero attached hydrogens (tertiary/aromatic N) is 1. The molecular weight excluding hydrogens is 576 g/mol. The first-order chi connectivity index (χ1) is 20.6. The van der Waals surface area contributed by atoms with E-state index in [1.165, 1.54) is 7.11 Å². The number of allylic oxidation sites excluding steroid dienone is 3. The van der Waals surface area contributed by atoms with Crippen molar-refractivity contribution in [2.24, 2.45) is 11.0 Å². The molecule has 0 saturated heterocycles. The number of dihydropyridines is 1. The Hall–Kier alpha value is -4.90. The minimum Gasteiger partial charge on any atom is -0.466 e. The molecule has 3 N–H and O–H groups in total. The van der Waals surface area contributed by atoms with Gasteiger partial charge in [0.05, 0.1) is 24.2 Å². The fourth-order valence-corrected chi connectivity index (χ4v) is 5.14. The minimum atomic E-state index is -0.842. The van der Waals surface area contributed by atoms with Crippen molar-refractivity contribution in [3.05, 3.63) is 93.5 Å². The summed E-state index contributed by atoms with van der Waals surface area (Å²) in [5.74, 6) is -1.94. The van der Waals surface area contributed by atoms with Crippen LogP contribution in [0.4, 0.5) is 5.69 Å². The summed E-state index contributed by atoms with van der Waals surface area (Å²) in [4.78, 5) is 49.1. The third kappa shape index (κ3) is 7.12. The zero-order chi connectivity index (χ0) is 31.1. The van der Waals surface area contributed by atoms with Gasteiger partial charge < -0.3 is 24.8 Å². The molecule has 0 radical (unpaired) electrons. The number of methoxy groups -OCH3 is 1.